The number of esters is 3. The molecule has 0 atom stereocenters. The van der Waals surface area contributed by atoms with Gasteiger partial charge in [0.05, 0.1) is 19.1 Å². The number of hydrogen-bond donors (Lipinski definition) is 0. The summed E-state index contributed by atoms with van der Waals surface area (Å²) in [6, 6.07) is 0. The molecule has 0 unspecified atom stereocenters. The van der Waals surface area contributed by atoms with E-state index in [1.807, 2.05) is 0 Å². The Morgan fingerprint density at radius 2 is 1.27 bits per heavy atom. The second-order valence-corrected chi connectivity index (χ2v) is 9.23. The lowest BCUT2D eigenvalue weighted by Gasteiger charge is -2.36. The maximum Gasteiger partial charge on any atom is 0.350 e. The van der Waals surface area contributed by atoms with Gasteiger partial charge in [0.2, 0.25) is 5.60 Å². The third-order valence-corrected chi connectivity index (χ3v) is 6.43. The molecule has 1 aliphatic carbocycles. The smallest absolute Gasteiger partial charge is 0.350 e. The van der Waals surface area contributed by atoms with E-state index in [1.165, 1.54) is 38.5 Å². The fourth-order valence-electron chi connectivity index (χ4n) is 4.25. The Labute approximate surface area is 200 Å². The topological polar surface area (TPSA) is 78.9 Å². The summed E-state index contributed by atoms with van der Waals surface area (Å²) in [4.78, 5) is 37.2. The van der Waals surface area contributed by atoms with E-state index in [0.29, 0.717) is 26.1 Å². The minimum Gasteiger partial charge on any atom is -0.465 e. The van der Waals surface area contributed by atoms with Crippen molar-refractivity contribution in [2.24, 2.45) is 5.92 Å². The van der Waals surface area contributed by atoms with Crippen LogP contribution in [-0.2, 0) is 28.6 Å². The second kappa shape index (κ2) is 17.6. The van der Waals surface area contributed by atoms with E-state index in [4.69, 9.17) is 14.2 Å². The second-order valence-electron chi connectivity index (χ2n) is 9.23. The van der Waals surface area contributed by atoms with Gasteiger partial charge in [-0.1, -0.05) is 84.6 Å². The fourth-order valence-corrected chi connectivity index (χ4v) is 4.25. The zero-order chi connectivity index (χ0) is 24.4. The van der Waals surface area contributed by atoms with Gasteiger partial charge in [0.1, 0.15) is 0 Å². The highest BCUT2D eigenvalue weighted by atomic mass is 16.6. The maximum atomic E-state index is 12.8. The lowest BCUT2D eigenvalue weighted by atomic mass is 9.78. The summed E-state index contributed by atoms with van der Waals surface area (Å²) in [6.45, 7) is 8.55. The Bertz CT molecular complexity index is 577. The highest BCUT2D eigenvalue weighted by molar-refractivity contribution is 5.88. The Balaban J connectivity index is 2.42. The number of rotatable bonds is 18. The summed E-state index contributed by atoms with van der Waals surface area (Å²) in [6.07, 6.45) is 15.9. The third kappa shape index (κ3) is 11.7. The molecule has 0 aromatic rings. The molecule has 0 aromatic carbocycles. The standard InChI is InChI=1S/C27H46O6/c1-4-7-9-11-12-14-15-21-31-25(29)23-17-19-27(20-18-23,33-24(28)6-3)26(30)32-22-16-13-10-8-5-2/h6,23H,3-5,7-22H2,1-2H3. The summed E-state index contributed by atoms with van der Waals surface area (Å²) in [5, 5.41) is 0. The summed E-state index contributed by atoms with van der Waals surface area (Å²) < 4.78 is 16.4. The van der Waals surface area contributed by atoms with Gasteiger partial charge in [-0.05, 0) is 38.5 Å². The monoisotopic (exact) mass is 466 g/mol. The Morgan fingerprint density at radius 3 is 1.79 bits per heavy atom. The fraction of sp³-hybridized carbons (Fsp3) is 0.815. The summed E-state index contributed by atoms with van der Waals surface area (Å²) in [5.41, 5.74) is -1.33. The first-order valence-electron chi connectivity index (χ1n) is 13.2. The zero-order valence-electron chi connectivity index (χ0n) is 21.0. The SMILES string of the molecule is C=CC(=O)OC1(C(=O)OCCCCCCC)CCC(C(=O)OCCCCCCCCC)CC1. The van der Waals surface area contributed by atoms with Crippen LogP contribution in [0.3, 0.4) is 0 Å². The lowest BCUT2D eigenvalue weighted by Crippen LogP contribution is -2.48. The molecule has 6 heteroatoms. The molecule has 0 heterocycles. The Kier molecular flexibility index (Phi) is 15.6. The highest BCUT2D eigenvalue weighted by Gasteiger charge is 2.48. The minimum atomic E-state index is -1.33. The van der Waals surface area contributed by atoms with E-state index >= 15 is 0 Å². The molecule has 6 nitrogen and oxygen atoms in total. The van der Waals surface area contributed by atoms with Crippen molar-refractivity contribution in [3.63, 3.8) is 0 Å². The predicted octanol–water partition coefficient (Wildman–Crippen LogP) is 6.45. The first kappa shape index (κ1) is 29.2. The quantitative estimate of drug-likeness (QED) is 0.0999. The van der Waals surface area contributed by atoms with Crippen molar-refractivity contribution in [3.8, 4) is 0 Å². The van der Waals surface area contributed by atoms with Gasteiger partial charge in [-0.25, -0.2) is 9.59 Å². The molecule has 0 N–H and O–H groups in total. The number of ether oxygens (including phenoxy) is 3. The lowest BCUT2D eigenvalue weighted by molar-refractivity contribution is -0.186. The molecule has 1 aliphatic rings. The average molecular weight is 467 g/mol. The van der Waals surface area contributed by atoms with Crippen molar-refractivity contribution in [3.05, 3.63) is 12.7 Å². The molecule has 1 saturated carbocycles. The molecule has 0 amide bonds. The summed E-state index contributed by atoms with van der Waals surface area (Å²) >= 11 is 0. The van der Waals surface area contributed by atoms with Crippen LogP contribution in [0, 0.1) is 5.92 Å². The minimum absolute atomic E-state index is 0.214. The Morgan fingerprint density at radius 1 is 0.788 bits per heavy atom. The third-order valence-electron chi connectivity index (χ3n) is 6.43. The first-order valence-corrected chi connectivity index (χ1v) is 13.2. The van der Waals surface area contributed by atoms with Crippen LogP contribution in [0.4, 0.5) is 0 Å². The largest absolute Gasteiger partial charge is 0.465 e. The zero-order valence-corrected chi connectivity index (χ0v) is 21.0. The van der Waals surface area contributed by atoms with Gasteiger partial charge in [0.15, 0.2) is 0 Å². The molecule has 1 fully saturated rings. The molecular formula is C27H46O6. The Hall–Kier alpha value is -1.85. The molecule has 190 valence electrons. The van der Waals surface area contributed by atoms with Gasteiger partial charge in [0.25, 0.3) is 0 Å². The van der Waals surface area contributed by atoms with Crippen LogP contribution in [-0.4, -0.2) is 36.7 Å². The maximum absolute atomic E-state index is 12.8. The van der Waals surface area contributed by atoms with Crippen LogP contribution in [0.1, 0.15) is 117 Å². The van der Waals surface area contributed by atoms with Gasteiger partial charge >= 0.3 is 17.9 Å². The molecule has 0 bridgehead atoms. The van der Waals surface area contributed by atoms with E-state index in [2.05, 4.69) is 20.4 Å². The van der Waals surface area contributed by atoms with E-state index in [1.54, 1.807) is 0 Å². The molecule has 0 spiro atoms. The van der Waals surface area contributed by atoms with Crippen molar-refractivity contribution < 1.29 is 28.6 Å². The van der Waals surface area contributed by atoms with E-state index < -0.39 is 17.5 Å². The predicted molar refractivity (Wildman–Crippen MR) is 130 cm³/mol. The van der Waals surface area contributed by atoms with Crippen molar-refractivity contribution in [1.29, 1.82) is 0 Å². The van der Waals surface area contributed by atoms with Gasteiger partial charge in [-0.3, -0.25) is 4.79 Å². The van der Waals surface area contributed by atoms with E-state index in [9.17, 15) is 14.4 Å². The van der Waals surface area contributed by atoms with Crippen LogP contribution >= 0.6 is 0 Å². The molecule has 1 rings (SSSR count). The average Bonchev–Trinajstić information content (AvgIpc) is 2.83. The number of hydrogen-bond acceptors (Lipinski definition) is 6. The molecule has 33 heavy (non-hydrogen) atoms. The van der Waals surface area contributed by atoms with Crippen molar-refractivity contribution in [2.75, 3.05) is 13.2 Å². The number of carbonyl (C=O) groups is 3. The van der Waals surface area contributed by atoms with Crippen LogP contribution in [0.2, 0.25) is 0 Å². The first-order chi connectivity index (χ1) is 16.0. The van der Waals surface area contributed by atoms with Crippen LogP contribution in [0.15, 0.2) is 12.7 Å². The van der Waals surface area contributed by atoms with Gasteiger partial charge in [-0.2, -0.15) is 0 Å². The number of unbranched alkanes of at least 4 members (excludes halogenated alkanes) is 10. The normalized spacial score (nSPS) is 20.1. The summed E-state index contributed by atoms with van der Waals surface area (Å²) in [5.74, 6) is -1.64. The van der Waals surface area contributed by atoms with Gasteiger partial charge < -0.3 is 14.2 Å². The van der Waals surface area contributed by atoms with Crippen molar-refractivity contribution in [1.82, 2.24) is 0 Å². The molecule has 0 saturated heterocycles. The van der Waals surface area contributed by atoms with Crippen LogP contribution < -0.4 is 0 Å². The van der Waals surface area contributed by atoms with Crippen molar-refractivity contribution >= 4 is 17.9 Å². The van der Waals surface area contributed by atoms with Gasteiger partial charge in [-0.15, -0.1) is 0 Å². The summed E-state index contributed by atoms with van der Waals surface area (Å²) in [7, 11) is 0. The van der Waals surface area contributed by atoms with Crippen LogP contribution in [0.5, 0.6) is 0 Å². The van der Waals surface area contributed by atoms with Crippen LogP contribution in [0.25, 0.3) is 0 Å². The molecule has 0 aromatic heterocycles. The molecule has 0 radical (unpaired) electrons. The highest BCUT2D eigenvalue weighted by Crippen LogP contribution is 2.37. The van der Waals surface area contributed by atoms with Gasteiger partial charge in [0, 0.05) is 6.08 Å². The number of carbonyl (C=O) groups excluding carboxylic acids is 3. The molecule has 0 aliphatic heterocycles. The van der Waals surface area contributed by atoms with E-state index in [0.717, 1.165) is 44.6 Å². The van der Waals surface area contributed by atoms with Crippen molar-refractivity contribution in [2.45, 2.75) is 122 Å². The van der Waals surface area contributed by atoms with E-state index in [-0.39, 0.29) is 24.7 Å². The molecular weight excluding hydrogens is 420 g/mol.